The van der Waals surface area contributed by atoms with E-state index in [0.29, 0.717) is 34.8 Å². The van der Waals surface area contributed by atoms with Gasteiger partial charge in [0.25, 0.3) is 0 Å². The number of aryl methyl sites for hydroxylation is 1. The Kier molecular flexibility index (Phi) is 6.01. The quantitative estimate of drug-likeness (QED) is 0.287. The fraction of sp³-hybridized carbons (Fsp3) is 0.194. The van der Waals surface area contributed by atoms with Crippen LogP contribution in [0.4, 0.5) is 0 Å². The predicted octanol–water partition coefficient (Wildman–Crippen LogP) is 6.06. The van der Waals surface area contributed by atoms with Crippen LogP contribution < -0.4 is 5.43 Å². The molecule has 0 aliphatic rings. The summed E-state index contributed by atoms with van der Waals surface area (Å²) in [5.74, 6) is 0. The van der Waals surface area contributed by atoms with Crippen LogP contribution in [-0.4, -0.2) is 10.2 Å². The zero-order valence-corrected chi connectivity index (χ0v) is 19.6. The highest BCUT2D eigenvalue weighted by Crippen LogP contribution is 2.39. The van der Waals surface area contributed by atoms with Gasteiger partial charge in [-0.05, 0) is 60.7 Å². The van der Waals surface area contributed by atoms with Gasteiger partial charge in [-0.25, -0.2) is 0 Å². The molecule has 0 bridgehead atoms. The second kappa shape index (κ2) is 9.14. The molecule has 2 unspecified atom stereocenters. The SMILES string of the molecule is CC(O)(CC(O)(CCc1ccc2oc3ccccc3c(=O)c2c1)c1ccccc1)c1ccccc1. The van der Waals surface area contributed by atoms with E-state index in [2.05, 4.69) is 0 Å². The van der Waals surface area contributed by atoms with Crippen molar-refractivity contribution in [2.75, 3.05) is 0 Å². The van der Waals surface area contributed by atoms with E-state index in [1.54, 1.807) is 19.1 Å². The van der Waals surface area contributed by atoms with Crippen molar-refractivity contribution >= 4 is 21.9 Å². The summed E-state index contributed by atoms with van der Waals surface area (Å²) in [5.41, 5.74) is 0.982. The summed E-state index contributed by atoms with van der Waals surface area (Å²) < 4.78 is 5.93. The normalized spacial score (nSPS) is 15.1. The number of aliphatic hydroxyl groups is 2. The van der Waals surface area contributed by atoms with E-state index in [4.69, 9.17) is 4.42 Å². The molecule has 0 aliphatic carbocycles. The maximum absolute atomic E-state index is 13.1. The molecule has 4 aromatic carbocycles. The van der Waals surface area contributed by atoms with Gasteiger partial charge in [-0.2, -0.15) is 0 Å². The van der Waals surface area contributed by atoms with Crippen molar-refractivity contribution in [3.63, 3.8) is 0 Å². The number of fused-ring (bicyclic) bond motifs is 2. The van der Waals surface area contributed by atoms with Crippen LogP contribution in [0, 0.1) is 0 Å². The van der Waals surface area contributed by atoms with Gasteiger partial charge in [0.2, 0.25) is 5.43 Å². The van der Waals surface area contributed by atoms with Gasteiger partial charge >= 0.3 is 0 Å². The third kappa shape index (κ3) is 4.63. The standard InChI is InChI=1S/C31H28O4/c1-30(33,23-10-4-2-5-11-23)21-31(34,24-12-6-3-7-13-24)19-18-22-16-17-28-26(20-22)29(32)25-14-8-9-15-27(25)35-28/h2-17,20,33-34H,18-19,21H2,1H3. The molecule has 1 aromatic heterocycles. The molecular weight excluding hydrogens is 436 g/mol. The van der Waals surface area contributed by atoms with Crippen molar-refractivity contribution < 1.29 is 14.6 Å². The summed E-state index contributed by atoms with van der Waals surface area (Å²) in [6, 6.07) is 31.7. The fourth-order valence-electron chi connectivity index (χ4n) is 4.91. The molecule has 35 heavy (non-hydrogen) atoms. The first kappa shape index (κ1) is 23.0. The van der Waals surface area contributed by atoms with Gasteiger partial charge in [0.15, 0.2) is 0 Å². The molecule has 5 rings (SSSR count). The second-order valence-corrected chi connectivity index (χ2v) is 9.47. The molecule has 0 saturated carbocycles. The molecule has 0 amide bonds. The van der Waals surface area contributed by atoms with Crippen molar-refractivity contribution in [1.29, 1.82) is 0 Å². The first-order chi connectivity index (χ1) is 16.9. The van der Waals surface area contributed by atoms with Gasteiger partial charge in [0, 0.05) is 6.42 Å². The lowest BCUT2D eigenvalue weighted by atomic mass is 9.77. The summed E-state index contributed by atoms with van der Waals surface area (Å²) >= 11 is 0. The van der Waals surface area contributed by atoms with Crippen LogP contribution in [0.2, 0.25) is 0 Å². The molecule has 0 saturated heterocycles. The van der Waals surface area contributed by atoms with Crippen molar-refractivity contribution in [2.45, 2.75) is 37.4 Å². The second-order valence-electron chi connectivity index (χ2n) is 9.47. The van der Waals surface area contributed by atoms with Crippen LogP contribution in [0.25, 0.3) is 21.9 Å². The molecule has 4 heteroatoms. The molecule has 4 nitrogen and oxygen atoms in total. The molecule has 5 aromatic rings. The maximum atomic E-state index is 13.1. The Morgan fingerprint density at radius 1 is 0.714 bits per heavy atom. The van der Waals surface area contributed by atoms with Crippen LogP contribution in [0.5, 0.6) is 0 Å². The lowest BCUT2D eigenvalue weighted by Crippen LogP contribution is -2.36. The topological polar surface area (TPSA) is 70.7 Å². The van der Waals surface area contributed by atoms with Crippen LogP contribution in [0.15, 0.2) is 112 Å². The third-order valence-electron chi connectivity index (χ3n) is 6.81. The van der Waals surface area contributed by atoms with Crippen LogP contribution in [-0.2, 0) is 17.6 Å². The van der Waals surface area contributed by atoms with Gasteiger partial charge in [0.1, 0.15) is 11.2 Å². The van der Waals surface area contributed by atoms with Crippen molar-refractivity contribution in [3.05, 3.63) is 130 Å². The highest BCUT2D eigenvalue weighted by atomic mass is 16.3. The Bertz CT molecular complexity index is 1520. The number of benzene rings is 4. The number of rotatable bonds is 7. The molecule has 2 N–H and O–H groups in total. The largest absolute Gasteiger partial charge is 0.456 e. The van der Waals surface area contributed by atoms with E-state index in [1.807, 2.05) is 91.0 Å². The molecule has 0 aliphatic heterocycles. The minimum atomic E-state index is -1.27. The predicted molar refractivity (Wildman–Crippen MR) is 139 cm³/mol. The lowest BCUT2D eigenvalue weighted by molar-refractivity contribution is -0.0676. The van der Waals surface area contributed by atoms with E-state index in [9.17, 15) is 15.0 Å². The van der Waals surface area contributed by atoms with Crippen LogP contribution >= 0.6 is 0 Å². The highest BCUT2D eigenvalue weighted by molar-refractivity contribution is 5.89. The molecule has 2 atom stereocenters. The summed E-state index contributed by atoms with van der Waals surface area (Å²) in [4.78, 5) is 13.1. The Labute approximate surface area is 204 Å². The minimum absolute atomic E-state index is 0.0611. The fourth-order valence-corrected chi connectivity index (χ4v) is 4.91. The molecular formula is C31H28O4. The maximum Gasteiger partial charge on any atom is 0.200 e. The molecule has 0 fully saturated rings. The first-order valence-corrected chi connectivity index (χ1v) is 11.9. The first-order valence-electron chi connectivity index (χ1n) is 11.9. The Morgan fingerprint density at radius 2 is 1.31 bits per heavy atom. The van der Waals surface area contributed by atoms with Crippen LogP contribution in [0.3, 0.4) is 0 Å². The average Bonchev–Trinajstić information content (AvgIpc) is 2.89. The van der Waals surface area contributed by atoms with E-state index in [1.165, 1.54) is 0 Å². The highest BCUT2D eigenvalue weighted by Gasteiger charge is 2.38. The van der Waals surface area contributed by atoms with E-state index < -0.39 is 11.2 Å². The van der Waals surface area contributed by atoms with Gasteiger partial charge in [0.05, 0.1) is 22.0 Å². The lowest BCUT2D eigenvalue weighted by Gasteiger charge is -2.36. The van der Waals surface area contributed by atoms with E-state index in [0.717, 1.165) is 16.7 Å². The van der Waals surface area contributed by atoms with Crippen molar-refractivity contribution in [1.82, 2.24) is 0 Å². The Hall–Kier alpha value is -3.73. The monoisotopic (exact) mass is 464 g/mol. The van der Waals surface area contributed by atoms with Gasteiger partial charge in [-0.3, -0.25) is 4.79 Å². The Balaban J connectivity index is 1.48. The van der Waals surface area contributed by atoms with Gasteiger partial charge in [-0.15, -0.1) is 0 Å². The number of hydrogen-bond donors (Lipinski definition) is 2. The smallest absolute Gasteiger partial charge is 0.200 e. The summed E-state index contributed by atoms with van der Waals surface area (Å²) in [5, 5.41) is 24.3. The minimum Gasteiger partial charge on any atom is -0.456 e. The summed E-state index contributed by atoms with van der Waals surface area (Å²) in [6.45, 7) is 1.74. The third-order valence-corrected chi connectivity index (χ3v) is 6.81. The molecule has 0 radical (unpaired) electrons. The van der Waals surface area contributed by atoms with Crippen LogP contribution in [0.1, 0.15) is 36.5 Å². The zero-order chi connectivity index (χ0) is 24.5. The summed E-state index contributed by atoms with van der Waals surface area (Å²) in [7, 11) is 0. The number of para-hydroxylation sites is 1. The van der Waals surface area contributed by atoms with Crippen molar-refractivity contribution in [2.24, 2.45) is 0 Å². The average molecular weight is 465 g/mol. The van der Waals surface area contributed by atoms with E-state index >= 15 is 0 Å². The van der Waals surface area contributed by atoms with Gasteiger partial charge < -0.3 is 14.6 Å². The van der Waals surface area contributed by atoms with Gasteiger partial charge in [-0.1, -0.05) is 78.9 Å². The summed E-state index contributed by atoms with van der Waals surface area (Å²) in [6.07, 6.45) is 1.04. The Morgan fingerprint density at radius 3 is 2.03 bits per heavy atom. The number of hydrogen-bond acceptors (Lipinski definition) is 4. The zero-order valence-electron chi connectivity index (χ0n) is 19.6. The molecule has 0 spiro atoms. The molecule has 176 valence electrons. The molecule has 1 heterocycles. The van der Waals surface area contributed by atoms with E-state index in [-0.39, 0.29) is 11.8 Å². The van der Waals surface area contributed by atoms with Crippen molar-refractivity contribution in [3.8, 4) is 0 Å².